The number of nitrogens with one attached hydrogen (secondary N) is 1. The van der Waals surface area contributed by atoms with Crippen molar-refractivity contribution in [3.8, 4) is 0 Å². The molecule has 2 rings (SSSR count). The van der Waals surface area contributed by atoms with Crippen LogP contribution in [0.2, 0.25) is 0 Å². The third-order valence-electron chi connectivity index (χ3n) is 3.32. The Labute approximate surface area is 119 Å². The van der Waals surface area contributed by atoms with Crippen molar-refractivity contribution in [3.63, 3.8) is 0 Å². The Balaban J connectivity index is 2.39. The maximum atomic E-state index is 13.8. The van der Waals surface area contributed by atoms with E-state index >= 15 is 0 Å². The first-order valence-electron chi connectivity index (χ1n) is 7.05. The molecule has 108 valence electrons. The average Bonchev–Trinajstić information content (AvgIpc) is 2.88. The van der Waals surface area contributed by atoms with E-state index in [-0.39, 0.29) is 11.9 Å². The molecule has 0 aliphatic heterocycles. The summed E-state index contributed by atoms with van der Waals surface area (Å²) in [6.07, 6.45) is 2.73. The largest absolute Gasteiger partial charge is 0.305 e. The number of benzene rings is 1. The maximum absolute atomic E-state index is 13.8. The summed E-state index contributed by atoms with van der Waals surface area (Å²) < 4.78 is 15.7. The van der Waals surface area contributed by atoms with E-state index in [4.69, 9.17) is 0 Å². The molecule has 0 spiro atoms. The molecule has 0 radical (unpaired) electrons. The van der Waals surface area contributed by atoms with Gasteiger partial charge in [-0.25, -0.2) is 9.07 Å². The van der Waals surface area contributed by atoms with Gasteiger partial charge >= 0.3 is 0 Å². The van der Waals surface area contributed by atoms with Gasteiger partial charge in [-0.05, 0) is 37.1 Å². The highest BCUT2D eigenvalue weighted by Gasteiger charge is 2.19. The Morgan fingerprint density at radius 1 is 1.35 bits per heavy atom. The molecule has 1 aromatic carbocycles. The third-order valence-corrected chi connectivity index (χ3v) is 3.32. The van der Waals surface area contributed by atoms with Crippen LogP contribution < -0.4 is 5.32 Å². The Kier molecular flexibility index (Phi) is 4.84. The number of hydrogen-bond donors (Lipinski definition) is 1. The Bertz CT molecular complexity index is 565. The summed E-state index contributed by atoms with van der Waals surface area (Å²) in [5.41, 5.74) is 2.52. The van der Waals surface area contributed by atoms with E-state index < -0.39 is 0 Å². The molecule has 4 nitrogen and oxygen atoms in total. The smallest absolute Gasteiger partial charge is 0.126 e. The SMILES string of the molecule is CCCn1nncc1C(NCC)c1ccc(C)c(F)c1. The highest BCUT2D eigenvalue weighted by Crippen LogP contribution is 2.23. The van der Waals surface area contributed by atoms with Gasteiger partial charge in [0.25, 0.3) is 0 Å². The minimum absolute atomic E-state index is 0.0864. The summed E-state index contributed by atoms with van der Waals surface area (Å²) in [5.74, 6) is -0.181. The van der Waals surface area contributed by atoms with Crippen LogP contribution in [-0.4, -0.2) is 21.5 Å². The normalized spacial score (nSPS) is 12.6. The van der Waals surface area contributed by atoms with E-state index in [1.807, 2.05) is 23.7 Å². The van der Waals surface area contributed by atoms with Crippen LogP contribution in [0.15, 0.2) is 24.4 Å². The summed E-state index contributed by atoms with van der Waals surface area (Å²) in [4.78, 5) is 0. The lowest BCUT2D eigenvalue weighted by Crippen LogP contribution is -2.25. The van der Waals surface area contributed by atoms with Crippen LogP contribution in [0.5, 0.6) is 0 Å². The molecule has 0 bridgehead atoms. The lowest BCUT2D eigenvalue weighted by molar-refractivity contribution is 0.509. The second-order valence-electron chi connectivity index (χ2n) is 4.88. The lowest BCUT2D eigenvalue weighted by atomic mass is 10.0. The first-order valence-corrected chi connectivity index (χ1v) is 7.05. The van der Waals surface area contributed by atoms with Crippen molar-refractivity contribution < 1.29 is 4.39 Å². The summed E-state index contributed by atoms with van der Waals surface area (Å²) in [6.45, 7) is 7.50. The molecule has 0 fully saturated rings. The minimum Gasteiger partial charge on any atom is -0.305 e. The predicted molar refractivity (Wildman–Crippen MR) is 77.0 cm³/mol. The Morgan fingerprint density at radius 3 is 2.80 bits per heavy atom. The summed E-state index contributed by atoms with van der Waals surface area (Å²) in [5, 5.41) is 11.5. The van der Waals surface area contributed by atoms with Crippen LogP contribution in [0.4, 0.5) is 4.39 Å². The van der Waals surface area contributed by atoms with Gasteiger partial charge in [-0.1, -0.05) is 31.2 Å². The Hall–Kier alpha value is -1.75. The van der Waals surface area contributed by atoms with Gasteiger partial charge in [0.05, 0.1) is 17.9 Å². The summed E-state index contributed by atoms with van der Waals surface area (Å²) in [6, 6.07) is 5.26. The molecule has 2 aromatic rings. The van der Waals surface area contributed by atoms with Gasteiger partial charge in [0.1, 0.15) is 5.82 Å². The van der Waals surface area contributed by atoms with Gasteiger partial charge in [-0.15, -0.1) is 5.10 Å². The predicted octanol–water partition coefficient (Wildman–Crippen LogP) is 2.83. The van der Waals surface area contributed by atoms with Crippen molar-refractivity contribution in [2.75, 3.05) is 6.54 Å². The van der Waals surface area contributed by atoms with Crippen LogP contribution >= 0.6 is 0 Å². The van der Waals surface area contributed by atoms with E-state index in [0.717, 1.165) is 30.8 Å². The molecule has 5 heteroatoms. The highest BCUT2D eigenvalue weighted by molar-refractivity contribution is 5.30. The van der Waals surface area contributed by atoms with Crippen LogP contribution in [0.3, 0.4) is 0 Å². The second-order valence-corrected chi connectivity index (χ2v) is 4.88. The Morgan fingerprint density at radius 2 is 2.15 bits per heavy atom. The molecule has 0 amide bonds. The highest BCUT2D eigenvalue weighted by atomic mass is 19.1. The fourth-order valence-electron chi connectivity index (χ4n) is 2.26. The first kappa shape index (κ1) is 14.7. The number of hydrogen-bond acceptors (Lipinski definition) is 3. The molecular formula is C15H21FN4. The zero-order chi connectivity index (χ0) is 14.5. The molecule has 1 unspecified atom stereocenters. The van der Waals surface area contributed by atoms with Crippen LogP contribution in [0.1, 0.15) is 43.1 Å². The van der Waals surface area contributed by atoms with E-state index in [9.17, 15) is 4.39 Å². The van der Waals surface area contributed by atoms with Crippen LogP contribution in [-0.2, 0) is 6.54 Å². The first-order chi connectivity index (χ1) is 9.67. The quantitative estimate of drug-likeness (QED) is 0.882. The van der Waals surface area contributed by atoms with Gasteiger partial charge in [-0.3, -0.25) is 0 Å². The summed E-state index contributed by atoms with van der Waals surface area (Å²) in [7, 11) is 0. The van der Waals surface area contributed by atoms with Gasteiger partial charge in [0, 0.05) is 6.54 Å². The van der Waals surface area contributed by atoms with E-state index in [1.165, 1.54) is 0 Å². The number of halogens is 1. The van der Waals surface area contributed by atoms with Gasteiger partial charge in [0.15, 0.2) is 0 Å². The van der Waals surface area contributed by atoms with Crippen molar-refractivity contribution in [1.82, 2.24) is 20.3 Å². The molecule has 0 aliphatic rings. The zero-order valence-electron chi connectivity index (χ0n) is 12.2. The maximum Gasteiger partial charge on any atom is 0.126 e. The zero-order valence-corrected chi connectivity index (χ0v) is 12.2. The molecule has 0 saturated heterocycles. The standard InChI is InChI=1S/C15H21FN4/c1-4-8-20-14(10-18-19-20)15(17-5-2)12-7-6-11(3)13(16)9-12/h6-7,9-10,15,17H,4-5,8H2,1-3H3. The van der Waals surface area contributed by atoms with Gasteiger partial charge < -0.3 is 5.32 Å². The number of nitrogens with zero attached hydrogens (tertiary/aromatic N) is 3. The molecule has 0 saturated carbocycles. The molecule has 1 N–H and O–H groups in total. The molecule has 1 aromatic heterocycles. The lowest BCUT2D eigenvalue weighted by Gasteiger charge is -2.19. The molecule has 20 heavy (non-hydrogen) atoms. The third kappa shape index (κ3) is 3.04. The number of rotatable bonds is 6. The molecule has 1 atom stereocenters. The fraction of sp³-hybridized carbons (Fsp3) is 0.467. The van der Waals surface area contributed by atoms with Crippen molar-refractivity contribution in [1.29, 1.82) is 0 Å². The van der Waals surface area contributed by atoms with E-state index in [0.29, 0.717) is 5.56 Å². The number of aryl methyl sites for hydroxylation is 2. The topological polar surface area (TPSA) is 42.7 Å². The van der Waals surface area contributed by atoms with Gasteiger partial charge in [-0.2, -0.15) is 0 Å². The van der Waals surface area contributed by atoms with Crippen molar-refractivity contribution in [3.05, 3.63) is 47.0 Å². The monoisotopic (exact) mass is 276 g/mol. The van der Waals surface area contributed by atoms with Crippen molar-refractivity contribution in [2.24, 2.45) is 0 Å². The van der Waals surface area contributed by atoms with Crippen LogP contribution in [0, 0.1) is 12.7 Å². The fourth-order valence-corrected chi connectivity index (χ4v) is 2.26. The van der Waals surface area contributed by atoms with Crippen molar-refractivity contribution in [2.45, 2.75) is 39.8 Å². The summed E-state index contributed by atoms with van der Waals surface area (Å²) >= 11 is 0. The molecular weight excluding hydrogens is 255 g/mol. The average molecular weight is 276 g/mol. The van der Waals surface area contributed by atoms with Gasteiger partial charge in [0.2, 0.25) is 0 Å². The molecule has 0 aliphatic carbocycles. The van der Waals surface area contributed by atoms with Crippen molar-refractivity contribution >= 4 is 0 Å². The number of aromatic nitrogens is 3. The molecule has 1 heterocycles. The van der Waals surface area contributed by atoms with E-state index in [2.05, 4.69) is 22.6 Å². The second kappa shape index (κ2) is 6.61. The minimum atomic E-state index is -0.181. The van der Waals surface area contributed by atoms with Crippen LogP contribution in [0.25, 0.3) is 0 Å². The van der Waals surface area contributed by atoms with E-state index in [1.54, 1.807) is 19.2 Å².